The lowest BCUT2D eigenvalue weighted by atomic mass is 9.78. The molecule has 0 bridgehead atoms. The van der Waals surface area contributed by atoms with E-state index in [1.54, 1.807) is 4.90 Å². The molecule has 3 saturated carbocycles. The number of carbonyl (C=O) groups is 5. The molecule has 5 aliphatic rings. The normalized spacial score (nSPS) is 29.5. The molecule has 0 aromatic rings. The number of Topliss-reactive ketones (excluding diaryl/α,β-unsaturated/α-hetero) is 1. The molecule has 5 amide bonds. The van der Waals surface area contributed by atoms with Gasteiger partial charge in [-0.25, -0.2) is 13.2 Å². The predicted molar refractivity (Wildman–Crippen MR) is 181 cm³/mol. The van der Waals surface area contributed by atoms with Crippen molar-refractivity contribution in [2.45, 2.75) is 128 Å². The van der Waals surface area contributed by atoms with Crippen molar-refractivity contribution in [1.82, 2.24) is 26.2 Å². The van der Waals surface area contributed by atoms with E-state index in [4.69, 9.17) is 0 Å². The Hall–Kier alpha value is -2.96. The first-order chi connectivity index (χ1) is 22.4. The monoisotopic (exact) mass is 689 g/mol. The van der Waals surface area contributed by atoms with Crippen molar-refractivity contribution in [2.24, 2.45) is 28.6 Å². The molecule has 2 heterocycles. The summed E-state index contributed by atoms with van der Waals surface area (Å²) in [5, 5.41) is 10.7. The number of fused-ring (bicyclic) bond motifs is 1. The molecule has 5 fully saturated rings. The maximum Gasteiger partial charge on any atom is 0.315 e. The Kier molecular flexibility index (Phi) is 10.1. The number of nitrogens with one attached hydrogen (secondary N) is 4. The minimum absolute atomic E-state index is 0.0678. The van der Waals surface area contributed by atoms with Gasteiger partial charge in [-0.3, -0.25) is 19.2 Å². The Morgan fingerprint density at radius 2 is 1.65 bits per heavy atom. The summed E-state index contributed by atoms with van der Waals surface area (Å²) < 4.78 is 26.1. The number of likely N-dealkylation sites (tertiary alicyclic amines) is 1. The van der Waals surface area contributed by atoms with E-state index in [1.807, 2.05) is 20.8 Å². The molecular weight excluding hydrogens is 634 g/mol. The second-order valence-electron chi connectivity index (χ2n) is 16.6. The van der Waals surface area contributed by atoms with Crippen molar-refractivity contribution in [3.05, 3.63) is 12.7 Å². The first-order valence-corrected chi connectivity index (χ1v) is 19.5. The molecule has 268 valence electrons. The number of hydrogen-bond donors (Lipinski definition) is 4. The van der Waals surface area contributed by atoms with Crippen LogP contribution in [-0.2, 0) is 29.0 Å². The number of nitrogens with zero attached hydrogens (tertiary/aromatic N) is 1. The molecule has 2 saturated heterocycles. The van der Waals surface area contributed by atoms with E-state index in [1.165, 1.54) is 6.08 Å². The highest BCUT2D eigenvalue weighted by Gasteiger charge is 2.70. The number of piperidine rings is 1. The summed E-state index contributed by atoms with van der Waals surface area (Å²) in [7, 11) is -3.35. The standard InChI is InChI=1S/C35H55N5O7S/c1-7-17-36-30(43)27(41)23(19-21-13-14-21)37-29(42)26-25-22(34(25,5)6)20-40(26)31(44)28(33(2,3)4)38-32(45)39-35(15-9-8-10-16-35)24-12-11-18-48(24,46)47/h7,21-26,28H,1,8-20H2,2-6H3,(H,36,43)(H,37,42)(H2,38,39,45)/t22-,23?,24?,25?,26-,28+/m0/s1. The van der Waals surface area contributed by atoms with E-state index in [-0.39, 0.29) is 35.5 Å². The van der Waals surface area contributed by atoms with Crippen molar-refractivity contribution >= 4 is 39.4 Å². The van der Waals surface area contributed by atoms with Crippen LogP contribution in [0.3, 0.4) is 0 Å². The number of amides is 5. The highest BCUT2D eigenvalue weighted by atomic mass is 32.2. The van der Waals surface area contributed by atoms with Gasteiger partial charge >= 0.3 is 6.03 Å². The minimum Gasteiger partial charge on any atom is -0.346 e. The maximum atomic E-state index is 14.5. The first-order valence-electron chi connectivity index (χ1n) is 17.8. The second kappa shape index (κ2) is 13.4. The van der Waals surface area contributed by atoms with Crippen LogP contribution in [0.25, 0.3) is 0 Å². The number of sulfone groups is 1. The Morgan fingerprint density at radius 1 is 0.979 bits per heavy atom. The number of rotatable bonds is 12. The molecule has 0 aromatic carbocycles. The maximum absolute atomic E-state index is 14.5. The molecule has 3 aliphatic carbocycles. The fraction of sp³-hybridized carbons (Fsp3) is 0.800. The lowest BCUT2D eigenvalue weighted by molar-refractivity contribution is -0.145. The van der Waals surface area contributed by atoms with Gasteiger partial charge in [-0.2, -0.15) is 0 Å². The van der Waals surface area contributed by atoms with Gasteiger partial charge in [0.15, 0.2) is 9.84 Å². The van der Waals surface area contributed by atoms with Gasteiger partial charge in [0.25, 0.3) is 5.91 Å². The molecule has 5 rings (SSSR count). The molecule has 0 spiro atoms. The molecule has 4 N–H and O–H groups in total. The molecule has 12 nitrogen and oxygen atoms in total. The van der Waals surface area contributed by atoms with Crippen LogP contribution in [0.1, 0.15) is 98.8 Å². The zero-order chi connectivity index (χ0) is 35.2. The fourth-order valence-electron chi connectivity index (χ4n) is 8.73. The zero-order valence-corrected chi connectivity index (χ0v) is 30.0. The minimum atomic E-state index is -3.35. The lowest BCUT2D eigenvalue weighted by Gasteiger charge is -2.43. The van der Waals surface area contributed by atoms with Crippen molar-refractivity contribution in [3.8, 4) is 0 Å². The Bertz CT molecular complexity index is 1430. The largest absolute Gasteiger partial charge is 0.346 e. The molecule has 13 heteroatoms. The van der Waals surface area contributed by atoms with Crippen molar-refractivity contribution in [3.63, 3.8) is 0 Å². The van der Waals surface area contributed by atoms with E-state index < -0.39 is 73.7 Å². The third kappa shape index (κ3) is 7.31. The van der Waals surface area contributed by atoms with Crippen LogP contribution in [0.2, 0.25) is 0 Å². The average Bonchev–Trinajstić information content (AvgIpc) is 3.79. The van der Waals surface area contributed by atoms with Crippen molar-refractivity contribution < 1.29 is 32.4 Å². The Labute approximate surface area is 285 Å². The van der Waals surface area contributed by atoms with Gasteiger partial charge in [0, 0.05) is 13.1 Å². The zero-order valence-electron chi connectivity index (χ0n) is 29.2. The summed E-state index contributed by atoms with van der Waals surface area (Å²) >= 11 is 0. The SMILES string of the molecule is C=CCNC(=O)C(=O)C(CC1CC1)NC(=O)[C@@H]1C2[C@H](CN1C(=O)[C@@H](NC(=O)NC1(C3CCCS3(=O)=O)CCCCC1)C(C)(C)C)C2(C)C. The van der Waals surface area contributed by atoms with Crippen LogP contribution in [0.5, 0.6) is 0 Å². The number of hydrogen-bond acceptors (Lipinski definition) is 7. The van der Waals surface area contributed by atoms with Crippen LogP contribution in [-0.4, -0.2) is 90.6 Å². The Morgan fingerprint density at radius 3 is 2.21 bits per heavy atom. The quantitative estimate of drug-likeness (QED) is 0.180. The lowest BCUT2D eigenvalue weighted by Crippen LogP contribution is -2.65. The smallest absolute Gasteiger partial charge is 0.315 e. The van der Waals surface area contributed by atoms with E-state index in [9.17, 15) is 32.4 Å². The van der Waals surface area contributed by atoms with Crippen molar-refractivity contribution in [2.75, 3.05) is 18.8 Å². The first kappa shape index (κ1) is 36.3. The van der Waals surface area contributed by atoms with Gasteiger partial charge in [-0.05, 0) is 60.7 Å². The van der Waals surface area contributed by atoms with Crippen LogP contribution >= 0.6 is 0 Å². The summed E-state index contributed by atoms with van der Waals surface area (Å²) in [4.78, 5) is 69.6. The van der Waals surface area contributed by atoms with Crippen molar-refractivity contribution in [1.29, 1.82) is 0 Å². The highest BCUT2D eigenvalue weighted by molar-refractivity contribution is 7.92. The van der Waals surface area contributed by atoms with Crippen LogP contribution < -0.4 is 21.3 Å². The summed E-state index contributed by atoms with van der Waals surface area (Å²) in [5.74, 6) is -2.07. The van der Waals surface area contributed by atoms with Gasteiger partial charge in [-0.15, -0.1) is 6.58 Å². The van der Waals surface area contributed by atoms with Gasteiger partial charge in [0.1, 0.15) is 12.1 Å². The summed E-state index contributed by atoms with van der Waals surface area (Å²) in [6.45, 7) is 13.7. The summed E-state index contributed by atoms with van der Waals surface area (Å²) in [6, 6.07) is -3.47. The number of ketones is 1. The number of urea groups is 1. The fourth-order valence-corrected chi connectivity index (χ4v) is 11.1. The summed E-state index contributed by atoms with van der Waals surface area (Å²) in [6.07, 6.45) is 8.51. The van der Waals surface area contributed by atoms with Gasteiger partial charge in [0.05, 0.1) is 22.6 Å². The van der Waals surface area contributed by atoms with E-state index in [2.05, 4.69) is 41.7 Å². The van der Waals surface area contributed by atoms with E-state index >= 15 is 0 Å². The van der Waals surface area contributed by atoms with E-state index in [0.29, 0.717) is 38.6 Å². The molecule has 2 aliphatic heterocycles. The highest BCUT2D eigenvalue weighted by Crippen LogP contribution is 2.65. The molecular formula is C35H55N5O7S. The van der Waals surface area contributed by atoms with Crippen LogP contribution in [0.15, 0.2) is 12.7 Å². The Balaban J connectivity index is 1.35. The molecule has 3 unspecified atom stereocenters. The molecule has 0 aromatic heterocycles. The van der Waals surface area contributed by atoms with E-state index in [0.717, 1.165) is 32.1 Å². The molecule has 0 radical (unpaired) electrons. The second-order valence-corrected chi connectivity index (χ2v) is 18.9. The summed E-state index contributed by atoms with van der Waals surface area (Å²) in [5.41, 5.74) is -1.82. The third-order valence-corrected chi connectivity index (χ3v) is 14.1. The topological polar surface area (TPSA) is 171 Å². The average molecular weight is 690 g/mol. The molecule has 48 heavy (non-hydrogen) atoms. The van der Waals surface area contributed by atoms with Gasteiger partial charge < -0.3 is 26.2 Å². The number of carbonyl (C=O) groups excluding carboxylic acids is 5. The molecule has 6 atom stereocenters. The van der Waals surface area contributed by atoms with Gasteiger partial charge in [0.2, 0.25) is 17.6 Å². The van der Waals surface area contributed by atoms with Crippen LogP contribution in [0.4, 0.5) is 4.79 Å². The van der Waals surface area contributed by atoms with Gasteiger partial charge in [-0.1, -0.05) is 72.8 Å². The van der Waals surface area contributed by atoms with Crippen LogP contribution in [0, 0.1) is 28.6 Å². The predicted octanol–water partition coefficient (Wildman–Crippen LogP) is 2.62. The third-order valence-electron chi connectivity index (χ3n) is 11.7.